The van der Waals surface area contributed by atoms with Crippen molar-refractivity contribution in [3.63, 3.8) is 0 Å². The Hall–Kier alpha value is -0.870. The highest BCUT2D eigenvalue weighted by Gasteiger charge is 2.10. The summed E-state index contributed by atoms with van der Waals surface area (Å²) in [5.74, 6) is -0.888. The maximum atomic E-state index is 11.2. The molecule has 1 N–H and O–H groups in total. The SMILES string of the molecule is CCCCOCc1ccc(CCBr)cc1C(=O)O. The lowest BCUT2D eigenvalue weighted by atomic mass is 10.0. The summed E-state index contributed by atoms with van der Waals surface area (Å²) in [5, 5.41) is 10.0. The van der Waals surface area contributed by atoms with Crippen molar-refractivity contribution in [3.05, 3.63) is 34.9 Å². The summed E-state index contributed by atoms with van der Waals surface area (Å²) in [4.78, 5) is 11.2. The number of aryl methyl sites for hydroxylation is 1. The molecule has 0 saturated heterocycles. The second-order valence-electron chi connectivity index (χ2n) is 4.14. The second-order valence-corrected chi connectivity index (χ2v) is 4.93. The molecule has 18 heavy (non-hydrogen) atoms. The van der Waals surface area contributed by atoms with Crippen LogP contribution in [0, 0.1) is 0 Å². The Bertz CT molecular complexity index is 391. The van der Waals surface area contributed by atoms with Crippen molar-refractivity contribution in [3.8, 4) is 0 Å². The van der Waals surface area contributed by atoms with Crippen LogP contribution in [-0.2, 0) is 17.8 Å². The fourth-order valence-corrected chi connectivity index (χ4v) is 2.10. The van der Waals surface area contributed by atoms with Crippen LogP contribution in [-0.4, -0.2) is 23.0 Å². The number of hydrogen-bond acceptors (Lipinski definition) is 2. The maximum absolute atomic E-state index is 11.2. The minimum Gasteiger partial charge on any atom is -0.478 e. The molecule has 1 aromatic carbocycles. The molecule has 4 heteroatoms. The van der Waals surface area contributed by atoms with Gasteiger partial charge in [-0.05, 0) is 30.0 Å². The molecule has 0 aromatic heterocycles. The van der Waals surface area contributed by atoms with E-state index in [1.165, 1.54) is 0 Å². The van der Waals surface area contributed by atoms with Crippen molar-refractivity contribution >= 4 is 21.9 Å². The van der Waals surface area contributed by atoms with E-state index < -0.39 is 5.97 Å². The van der Waals surface area contributed by atoms with Gasteiger partial charge in [-0.3, -0.25) is 0 Å². The average Bonchev–Trinajstić information content (AvgIpc) is 2.36. The number of carboxylic acid groups (broad SMARTS) is 1. The maximum Gasteiger partial charge on any atom is 0.336 e. The van der Waals surface area contributed by atoms with E-state index in [9.17, 15) is 9.90 Å². The van der Waals surface area contributed by atoms with Crippen LogP contribution in [0.15, 0.2) is 18.2 Å². The summed E-state index contributed by atoms with van der Waals surface area (Å²) in [5.41, 5.74) is 2.13. The number of alkyl halides is 1. The summed E-state index contributed by atoms with van der Waals surface area (Å²) in [6, 6.07) is 5.56. The van der Waals surface area contributed by atoms with Crippen molar-refractivity contribution in [1.82, 2.24) is 0 Å². The molecule has 1 rings (SSSR count). The van der Waals surface area contributed by atoms with Crippen molar-refractivity contribution < 1.29 is 14.6 Å². The van der Waals surface area contributed by atoms with Crippen LogP contribution in [0.3, 0.4) is 0 Å². The van der Waals surface area contributed by atoms with Gasteiger partial charge in [0.05, 0.1) is 12.2 Å². The van der Waals surface area contributed by atoms with Crippen LogP contribution in [0.2, 0.25) is 0 Å². The van der Waals surface area contributed by atoms with E-state index in [0.29, 0.717) is 18.8 Å². The second kappa shape index (κ2) is 8.27. The largest absolute Gasteiger partial charge is 0.478 e. The van der Waals surface area contributed by atoms with Crippen LogP contribution in [0.5, 0.6) is 0 Å². The van der Waals surface area contributed by atoms with Gasteiger partial charge in [-0.1, -0.05) is 41.4 Å². The fraction of sp³-hybridized carbons (Fsp3) is 0.500. The van der Waals surface area contributed by atoms with Crippen LogP contribution in [0.4, 0.5) is 0 Å². The number of rotatable bonds is 8. The van der Waals surface area contributed by atoms with Crippen LogP contribution < -0.4 is 0 Å². The number of halogens is 1. The summed E-state index contributed by atoms with van der Waals surface area (Å²) in [6.07, 6.45) is 2.91. The molecule has 0 atom stereocenters. The lowest BCUT2D eigenvalue weighted by Crippen LogP contribution is -2.06. The topological polar surface area (TPSA) is 46.5 Å². The van der Waals surface area contributed by atoms with Gasteiger partial charge in [0.2, 0.25) is 0 Å². The third-order valence-corrected chi connectivity index (χ3v) is 3.08. The smallest absolute Gasteiger partial charge is 0.336 e. The molecular weight excluding hydrogens is 296 g/mol. The van der Waals surface area contributed by atoms with Gasteiger partial charge in [0, 0.05) is 11.9 Å². The minimum absolute atomic E-state index is 0.352. The Labute approximate surface area is 116 Å². The molecule has 0 unspecified atom stereocenters. The Morgan fingerprint density at radius 3 is 2.83 bits per heavy atom. The third-order valence-electron chi connectivity index (χ3n) is 2.69. The highest BCUT2D eigenvalue weighted by atomic mass is 79.9. The molecule has 100 valence electrons. The summed E-state index contributed by atoms with van der Waals surface area (Å²) in [7, 11) is 0. The molecule has 0 spiro atoms. The predicted molar refractivity (Wildman–Crippen MR) is 75.5 cm³/mol. The lowest BCUT2D eigenvalue weighted by Gasteiger charge is -2.09. The van der Waals surface area contributed by atoms with Crippen molar-refractivity contribution in [2.75, 3.05) is 11.9 Å². The molecular formula is C14H19BrO3. The number of benzene rings is 1. The third kappa shape index (κ3) is 4.78. The first-order chi connectivity index (χ1) is 8.69. The van der Waals surface area contributed by atoms with Gasteiger partial charge in [-0.15, -0.1) is 0 Å². The van der Waals surface area contributed by atoms with Gasteiger partial charge < -0.3 is 9.84 Å². The number of unbranched alkanes of at least 4 members (excludes halogenated alkanes) is 1. The zero-order valence-corrected chi connectivity index (χ0v) is 12.2. The van der Waals surface area contributed by atoms with E-state index in [4.69, 9.17) is 4.74 Å². The number of ether oxygens (including phenoxy) is 1. The van der Waals surface area contributed by atoms with Crippen LogP contribution >= 0.6 is 15.9 Å². The van der Waals surface area contributed by atoms with Gasteiger partial charge in [0.25, 0.3) is 0 Å². The van der Waals surface area contributed by atoms with E-state index in [2.05, 4.69) is 22.9 Å². The average molecular weight is 315 g/mol. The van der Waals surface area contributed by atoms with Gasteiger partial charge in [-0.2, -0.15) is 0 Å². The fourth-order valence-electron chi connectivity index (χ4n) is 1.64. The number of carbonyl (C=O) groups is 1. The van der Waals surface area contributed by atoms with Gasteiger partial charge in [0.1, 0.15) is 0 Å². The van der Waals surface area contributed by atoms with Gasteiger partial charge in [0.15, 0.2) is 0 Å². The molecule has 0 fully saturated rings. The number of hydrogen-bond donors (Lipinski definition) is 1. The first kappa shape index (κ1) is 15.2. The molecule has 0 aliphatic rings. The highest BCUT2D eigenvalue weighted by Crippen LogP contribution is 2.15. The van der Waals surface area contributed by atoms with Crippen LogP contribution in [0.25, 0.3) is 0 Å². The summed E-state index contributed by atoms with van der Waals surface area (Å²) in [6.45, 7) is 3.15. The monoisotopic (exact) mass is 314 g/mol. The highest BCUT2D eigenvalue weighted by molar-refractivity contribution is 9.09. The zero-order chi connectivity index (χ0) is 13.4. The van der Waals surface area contributed by atoms with E-state index >= 15 is 0 Å². The van der Waals surface area contributed by atoms with E-state index in [-0.39, 0.29) is 0 Å². The molecule has 0 bridgehead atoms. The summed E-state index contributed by atoms with van der Waals surface area (Å²) >= 11 is 3.35. The standard InChI is InChI=1S/C14H19BrO3/c1-2-3-8-18-10-12-5-4-11(6-7-15)9-13(12)14(16)17/h4-5,9H,2-3,6-8,10H2,1H3,(H,16,17). The molecule has 0 aliphatic heterocycles. The van der Waals surface area contributed by atoms with Crippen molar-refractivity contribution in [2.24, 2.45) is 0 Å². The number of aromatic carboxylic acids is 1. The van der Waals surface area contributed by atoms with E-state index in [1.54, 1.807) is 6.07 Å². The van der Waals surface area contributed by atoms with Gasteiger partial charge in [-0.25, -0.2) is 4.79 Å². The molecule has 1 aromatic rings. The first-order valence-corrected chi connectivity index (χ1v) is 7.30. The van der Waals surface area contributed by atoms with Gasteiger partial charge >= 0.3 is 5.97 Å². The van der Waals surface area contributed by atoms with E-state index in [0.717, 1.165) is 35.7 Å². The molecule has 0 heterocycles. The molecule has 0 amide bonds. The molecule has 0 radical (unpaired) electrons. The zero-order valence-electron chi connectivity index (χ0n) is 10.6. The lowest BCUT2D eigenvalue weighted by molar-refractivity contribution is 0.0686. The quantitative estimate of drug-likeness (QED) is 0.588. The van der Waals surface area contributed by atoms with E-state index in [1.807, 2.05) is 12.1 Å². The first-order valence-electron chi connectivity index (χ1n) is 6.17. The van der Waals surface area contributed by atoms with Crippen molar-refractivity contribution in [1.29, 1.82) is 0 Å². The minimum atomic E-state index is -0.888. The molecule has 0 saturated carbocycles. The Kier molecular flexibility index (Phi) is 6.98. The Morgan fingerprint density at radius 2 is 2.22 bits per heavy atom. The summed E-state index contributed by atoms with van der Waals surface area (Å²) < 4.78 is 5.48. The number of carboxylic acids is 1. The molecule has 0 aliphatic carbocycles. The van der Waals surface area contributed by atoms with Crippen molar-refractivity contribution in [2.45, 2.75) is 32.8 Å². The van der Waals surface area contributed by atoms with Crippen LogP contribution in [0.1, 0.15) is 41.3 Å². The Balaban J connectivity index is 2.73. The normalized spacial score (nSPS) is 10.6. The Morgan fingerprint density at radius 1 is 1.44 bits per heavy atom. The molecule has 3 nitrogen and oxygen atoms in total. The predicted octanol–water partition coefficient (Wildman–Crippen LogP) is 3.64.